The summed E-state index contributed by atoms with van der Waals surface area (Å²) in [6, 6.07) is 20.1. The van der Waals surface area contributed by atoms with Gasteiger partial charge in [-0.25, -0.2) is 10.4 Å². The second-order valence-electron chi connectivity index (χ2n) is 11.8. The minimum atomic E-state index is -4.71. The maximum Gasteiger partial charge on any atom is 0.417 e. The summed E-state index contributed by atoms with van der Waals surface area (Å²) in [7, 11) is 0. The third-order valence-electron chi connectivity index (χ3n) is 8.64. The normalized spacial score (nSPS) is 18.2. The number of halogens is 4. The van der Waals surface area contributed by atoms with Gasteiger partial charge in [-0.1, -0.05) is 41.9 Å². The molecule has 4 aromatic rings. The SMILES string of the molecule is Cc1nc(-c2ccc(N3C(=O)C4=C(CN(C(=O)c5ccc(Cl)c(C(F)(F)F)c5)[C@H](C)C4)N4NCC(Cc5ccccc5)=C43)cc2)n[nH]1. The van der Waals surface area contributed by atoms with Gasteiger partial charge in [0, 0.05) is 29.3 Å². The molecule has 3 aliphatic heterocycles. The van der Waals surface area contributed by atoms with Crippen molar-refractivity contribution in [3.8, 4) is 11.4 Å². The van der Waals surface area contributed by atoms with Gasteiger partial charge in [-0.05, 0) is 80.3 Å². The lowest BCUT2D eigenvalue weighted by molar-refractivity contribution is -0.137. The first kappa shape index (κ1) is 30.7. The van der Waals surface area contributed by atoms with E-state index < -0.39 is 28.7 Å². The van der Waals surface area contributed by atoms with Crippen molar-refractivity contribution in [2.75, 3.05) is 18.0 Å². The Morgan fingerprint density at radius 3 is 2.49 bits per heavy atom. The molecule has 7 rings (SSSR count). The largest absolute Gasteiger partial charge is 0.417 e. The average molecular weight is 660 g/mol. The zero-order valence-electron chi connectivity index (χ0n) is 25.4. The highest BCUT2D eigenvalue weighted by molar-refractivity contribution is 6.31. The molecule has 2 amide bonds. The molecule has 0 spiro atoms. The number of nitrogens with one attached hydrogen (secondary N) is 2. The van der Waals surface area contributed by atoms with Gasteiger partial charge in [0.1, 0.15) is 11.6 Å². The van der Waals surface area contributed by atoms with Crippen LogP contribution in [0.4, 0.5) is 18.9 Å². The van der Waals surface area contributed by atoms with Gasteiger partial charge in [-0.15, -0.1) is 0 Å². The zero-order chi connectivity index (χ0) is 33.0. The molecule has 0 aliphatic carbocycles. The van der Waals surface area contributed by atoms with Crippen LogP contribution in [-0.2, 0) is 17.4 Å². The Kier molecular flexibility index (Phi) is 7.64. The van der Waals surface area contributed by atoms with Crippen molar-refractivity contribution in [2.45, 2.75) is 38.9 Å². The van der Waals surface area contributed by atoms with E-state index in [-0.39, 0.29) is 24.4 Å². The van der Waals surface area contributed by atoms with Crippen molar-refractivity contribution in [3.63, 3.8) is 0 Å². The molecule has 9 nitrogen and oxygen atoms in total. The van der Waals surface area contributed by atoms with Crippen LogP contribution in [0.15, 0.2) is 95.5 Å². The first-order chi connectivity index (χ1) is 22.5. The van der Waals surface area contributed by atoms with Crippen LogP contribution >= 0.6 is 11.6 Å². The van der Waals surface area contributed by atoms with Crippen molar-refractivity contribution in [3.05, 3.63) is 123 Å². The number of carbonyl (C=O) groups excluding carboxylic acids is 2. The molecule has 2 N–H and O–H groups in total. The molecule has 240 valence electrons. The Balaban J connectivity index is 1.27. The molecule has 1 atom stereocenters. The first-order valence-corrected chi connectivity index (χ1v) is 15.4. The number of H-pyrrole nitrogens is 1. The van der Waals surface area contributed by atoms with Gasteiger partial charge in [0.15, 0.2) is 5.82 Å². The molecule has 0 radical (unpaired) electrons. The minimum Gasteiger partial charge on any atom is -0.330 e. The fraction of sp³-hybridized carbons (Fsp3) is 0.235. The highest BCUT2D eigenvalue weighted by atomic mass is 35.5. The van der Waals surface area contributed by atoms with E-state index in [1.165, 1.54) is 11.0 Å². The van der Waals surface area contributed by atoms with E-state index in [0.29, 0.717) is 47.4 Å². The number of aromatic amines is 1. The summed E-state index contributed by atoms with van der Waals surface area (Å²) < 4.78 is 40.8. The molecule has 0 unspecified atom stereocenters. The summed E-state index contributed by atoms with van der Waals surface area (Å²) >= 11 is 5.82. The van der Waals surface area contributed by atoms with E-state index in [0.717, 1.165) is 28.8 Å². The van der Waals surface area contributed by atoms with Crippen LogP contribution < -0.4 is 10.3 Å². The lowest BCUT2D eigenvalue weighted by atomic mass is 9.93. The molecule has 1 aromatic heterocycles. The summed E-state index contributed by atoms with van der Waals surface area (Å²) in [5.41, 5.74) is 6.82. The first-order valence-electron chi connectivity index (χ1n) is 15.0. The number of benzene rings is 3. The highest BCUT2D eigenvalue weighted by Gasteiger charge is 2.45. The van der Waals surface area contributed by atoms with Gasteiger partial charge in [-0.2, -0.15) is 18.3 Å². The molecule has 47 heavy (non-hydrogen) atoms. The number of hydrazine groups is 1. The molecule has 0 saturated heterocycles. The van der Waals surface area contributed by atoms with Crippen molar-refractivity contribution < 1.29 is 22.8 Å². The van der Waals surface area contributed by atoms with Crippen molar-refractivity contribution in [1.82, 2.24) is 30.5 Å². The van der Waals surface area contributed by atoms with Gasteiger partial charge in [0.05, 0.1) is 28.5 Å². The van der Waals surface area contributed by atoms with E-state index in [9.17, 15) is 22.8 Å². The quantitative estimate of drug-likeness (QED) is 0.263. The number of nitrogens with zero attached hydrogens (tertiary/aromatic N) is 5. The average Bonchev–Trinajstić information content (AvgIpc) is 3.67. The third kappa shape index (κ3) is 5.57. The number of alkyl halides is 3. The van der Waals surface area contributed by atoms with Crippen LogP contribution in [0, 0.1) is 6.92 Å². The van der Waals surface area contributed by atoms with E-state index in [1.54, 1.807) is 11.8 Å². The van der Waals surface area contributed by atoms with Crippen LogP contribution in [0.2, 0.25) is 5.02 Å². The van der Waals surface area contributed by atoms with E-state index in [2.05, 4.69) is 20.6 Å². The predicted octanol–water partition coefficient (Wildman–Crippen LogP) is 6.26. The van der Waals surface area contributed by atoms with Gasteiger partial charge in [0.25, 0.3) is 11.8 Å². The highest BCUT2D eigenvalue weighted by Crippen LogP contribution is 2.41. The van der Waals surface area contributed by atoms with Crippen molar-refractivity contribution >= 4 is 29.1 Å². The Labute approximate surface area is 273 Å². The number of aryl methyl sites for hydroxylation is 1. The molecular formula is C34H29ClF3N7O2. The summed E-state index contributed by atoms with van der Waals surface area (Å²) in [4.78, 5) is 35.8. The second-order valence-corrected chi connectivity index (χ2v) is 12.2. The van der Waals surface area contributed by atoms with E-state index >= 15 is 0 Å². The molecule has 0 saturated carbocycles. The van der Waals surface area contributed by atoms with E-state index in [1.807, 2.05) is 66.5 Å². The monoisotopic (exact) mass is 659 g/mol. The maximum atomic E-state index is 14.5. The zero-order valence-corrected chi connectivity index (χ0v) is 26.2. The standard InChI is InChI=1S/C34H29ClF3N7O2/c1-19-14-26-29(18-43(19)32(46)23-10-13-28(35)27(16-23)34(36,37)38)45-31(24(17-39-45)15-21-6-4-3-5-7-21)44(33(26)47)25-11-8-22(9-12-25)30-40-20(2)41-42-30/h3-13,16,19,39H,14-15,17-18H2,1-2H3,(H,40,41,42)/t19-/m1/s1. The summed E-state index contributed by atoms with van der Waals surface area (Å²) in [5, 5.41) is 8.46. The number of rotatable bonds is 5. The second kappa shape index (κ2) is 11.7. The van der Waals surface area contributed by atoms with Gasteiger partial charge >= 0.3 is 6.18 Å². The topological polar surface area (TPSA) is 97.5 Å². The molecule has 0 bridgehead atoms. The number of fused-ring (bicyclic) bond motifs is 2. The van der Waals surface area contributed by atoms with Crippen LogP contribution in [0.25, 0.3) is 11.4 Å². The molecule has 0 fully saturated rings. The van der Waals surface area contributed by atoms with Crippen LogP contribution in [0.3, 0.4) is 0 Å². The summed E-state index contributed by atoms with van der Waals surface area (Å²) in [6.45, 7) is 4.09. The predicted molar refractivity (Wildman–Crippen MR) is 170 cm³/mol. The molecule has 3 aromatic carbocycles. The van der Waals surface area contributed by atoms with Crippen molar-refractivity contribution in [1.29, 1.82) is 0 Å². The maximum absolute atomic E-state index is 14.5. The lowest BCUT2D eigenvalue weighted by Gasteiger charge is -2.45. The molecule has 13 heteroatoms. The number of aromatic nitrogens is 3. The minimum absolute atomic E-state index is 0.0249. The number of hydrogen-bond acceptors (Lipinski definition) is 6. The number of anilines is 1. The van der Waals surface area contributed by atoms with E-state index in [4.69, 9.17) is 11.6 Å². The van der Waals surface area contributed by atoms with Gasteiger partial charge in [0.2, 0.25) is 0 Å². The van der Waals surface area contributed by atoms with Crippen LogP contribution in [0.5, 0.6) is 0 Å². The summed E-state index contributed by atoms with van der Waals surface area (Å²) in [5.74, 6) is 1.09. The number of hydrogen-bond donors (Lipinski definition) is 2. The fourth-order valence-corrected chi connectivity index (χ4v) is 6.54. The number of carbonyl (C=O) groups is 2. The molecule has 3 aliphatic rings. The molecule has 4 heterocycles. The van der Waals surface area contributed by atoms with Gasteiger partial charge < -0.3 is 4.90 Å². The Morgan fingerprint density at radius 1 is 1.06 bits per heavy atom. The Hall–Kier alpha value is -4.94. The Bertz CT molecular complexity index is 1950. The fourth-order valence-electron chi connectivity index (χ4n) is 6.32. The van der Waals surface area contributed by atoms with Gasteiger partial charge in [-0.3, -0.25) is 24.6 Å². The lowest BCUT2D eigenvalue weighted by Crippen LogP contribution is -2.55. The Morgan fingerprint density at radius 2 is 1.81 bits per heavy atom. The summed E-state index contributed by atoms with van der Waals surface area (Å²) in [6.07, 6.45) is -3.93. The number of amides is 2. The van der Waals surface area contributed by atoms with Crippen LogP contribution in [-0.4, -0.2) is 56.0 Å². The molecular weight excluding hydrogens is 631 g/mol. The smallest absolute Gasteiger partial charge is 0.330 e. The van der Waals surface area contributed by atoms with Crippen molar-refractivity contribution in [2.24, 2.45) is 0 Å². The van der Waals surface area contributed by atoms with Crippen LogP contribution in [0.1, 0.15) is 40.7 Å². The third-order valence-corrected chi connectivity index (χ3v) is 8.97.